The fourth-order valence-electron chi connectivity index (χ4n) is 2.62. The van der Waals surface area contributed by atoms with Crippen LogP contribution < -0.4 is 4.74 Å². The first-order chi connectivity index (χ1) is 13.7. The van der Waals surface area contributed by atoms with Gasteiger partial charge < -0.3 is 14.1 Å². The molecule has 0 saturated carbocycles. The average molecular weight is 376 g/mol. The molecule has 3 rings (SSSR count). The number of carbonyl (C=O) groups excluding carboxylic acids is 1. The quantitative estimate of drug-likeness (QED) is 0.234. The van der Waals surface area contributed by atoms with Crippen LogP contribution in [0.5, 0.6) is 5.75 Å². The summed E-state index contributed by atoms with van der Waals surface area (Å²) in [6.07, 6.45) is 6.05. The number of hydrogen-bond donors (Lipinski definition) is 0. The van der Waals surface area contributed by atoms with E-state index in [1.807, 2.05) is 60.3 Å². The number of nitrogens with zero attached hydrogens (tertiary/aromatic N) is 2. The molecule has 0 fully saturated rings. The van der Waals surface area contributed by atoms with Gasteiger partial charge in [0.25, 0.3) is 0 Å². The van der Waals surface area contributed by atoms with E-state index in [4.69, 9.17) is 9.57 Å². The van der Waals surface area contributed by atoms with Crippen molar-refractivity contribution in [3.63, 3.8) is 0 Å². The maximum atomic E-state index is 12.2. The fraction of sp³-hybridized carbons (Fsp3) is 0.217. The van der Waals surface area contributed by atoms with E-state index in [-0.39, 0.29) is 0 Å². The van der Waals surface area contributed by atoms with Gasteiger partial charge in [0.2, 0.25) is 0 Å². The van der Waals surface area contributed by atoms with Crippen molar-refractivity contribution in [2.24, 2.45) is 5.16 Å². The Morgan fingerprint density at radius 2 is 1.61 bits per heavy atom. The molecule has 2 aromatic carbocycles. The minimum atomic E-state index is -0.497. The van der Waals surface area contributed by atoms with Gasteiger partial charge in [0.05, 0.1) is 17.9 Å². The normalized spacial score (nSPS) is 11.3. The molecule has 0 amide bonds. The molecule has 3 aromatic rings. The molecule has 0 N–H and O–H groups in total. The zero-order chi connectivity index (χ0) is 19.8. The van der Waals surface area contributed by atoms with Crippen LogP contribution in [0.2, 0.25) is 0 Å². The summed E-state index contributed by atoms with van der Waals surface area (Å²) in [4.78, 5) is 17.3. The highest BCUT2D eigenvalue weighted by Crippen LogP contribution is 2.14. The lowest BCUT2D eigenvalue weighted by Gasteiger charge is -2.06. The van der Waals surface area contributed by atoms with Gasteiger partial charge in [-0.3, -0.25) is 0 Å². The molecule has 28 heavy (non-hydrogen) atoms. The highest BCUT2D eigenvalue weighted by Gasteiger charge is 2.08. The number of rotatable bonds is 8. The molecule has 1 aromatic heterocycles. The summed E-state index contributed by atoms with van der Waals surface area (Å²) >= 11 is 0. The second kappa shape index (κ2) is 9.55. The van der Waals surface area contributed by atoms with Gasteiger partial charge in [-0.1, -0.05) is 30.6 Å². The van der Waals surface area contributed by atoms with E-state index in [0.29, 0.717) is 17.9 Å². The molecule has 144 valence electrons. The standard InChI is InChI=1S/C23H24N2O3/c1-3-4-17-27-22-13-9-20(10-14-22)23(26)28-24-18(2)19-7-11-21(12-8-19)25-15-5-6-16-25/h5-16H,3-4,17H2,1-2H3/b24-18-. The molecule has 0 aliphatic rings. The predicted octanol–water partition coefficient (Wildman–Crippen LogP) is 5.24. The van der Waals surface area contributed by atoms with Crippen LogP contribution in [-0.4, -0.2) is 22.9 Å². The van der Waals surface area contributed by atoms with E-state index in [2.05, 4.69) is 12.1 Å². The zero-order valence-corrected chi connectivity index (χ0v) is 16.2. The van der Waals surface area contributed by atoms with E-state index in [9.17, 15) is 4.79 Å². The van der Waals surface area contributed by atoms with E-state index < -0.39 is 5.97 Å². The summed E-state index contributed by atoms with van der Waals surface area (Å²) in [5.74, 6) is 0.246. The summed E-state index contributed by atoms with van der Waals surface area (Å²) in [5, 5.41) is 3.98. The molecular formula is C23H24N2O3. The first kappa shape index (κ1) is 19.4. The Morgan fingerprint density at radius 1 is 0.964 bits per heavy atom. The molecule has 0 spiro atoms. The molecule has 0 radical (unpaired) electrons. The Labute approximate surface area is 165 Å². The van der Waals surface area contributed by atoms with Gasteiger partial charge >= 0.3 is 5.97 Å². The van der Waals surface area contributed by atoms with Gasteiger partial charge in [0.15, 0.2) is 0 Å². The number of hydrogen-bond acceptors (Lipinski definition) is 4. The molecule has 0 saturated heterocycles. The SMILES string of the molecule is CCCCOc1ccc(C(=O)O/N=C(/C)c2ccc(-n3cccc3)cc2)cc1. The lowest BCUT2D eigenvalue weighted by Crippen LogP contribution is -2.04. The van der Waals surface area contributed by atoms with Gasteiger partial charge in [0.1, 0.15) is 5.75 Å². The number of carbonyl (C=O) groups is 1. The molecule has 0 aliphatic heterocycles. The zero-order valence-electron chi connectivity index (χ0n) is 16.2. The second-order valence-corrected chi connectivity index (χ2v) is 6.42. The van der Waals surface area contributed by atoms with Crippen LogP contribution in [0, 0.1) is 0 Å². The predicted molar refractivity (Wildman–Crippen MR) is 110 cm³/mol. The van der Waals surface area contributed by atoms with Crippen LogP contribution in [-0.2, 0) is 4.84 Å². The lowest BCUT2D eigenvalue weighted by molar-refractivity contribution is 0.0516. The van der Waals surface area contributed by atoms with Crippen molar-refractivity contribution in [3.8, 4) is 11.4 Å². The summed E-state index contributed by atoms with van der Waals surface area (Å²) in [6.45, 7) is 4.59. The van der Waals surface area contributed by atoms with Crippen LogP contribution in [0.3, 0.4) is 0 Å². The van der Waals surface area contributed by atoms with E-state index in [1.165, 1.54) is 0 Å². The molecule has 0 atom stereocenters. The summed E-state index contributed by atoms with van der Waals surface area (Å²) in [6, 6.07) is 18.7. The third-order valence-electron chi connectivity index (χ3n) is 4.31. The molecule has 0 aliphatic carbocycles. The third kappa shape index (κ3) is 5.10. The highest BCUT2D eigenvalue weighted by molar-refractivity contribution is 5.99. The van der Waals surface area contributed by atoms with Crippen molar-refractivity contribution in [2.75, 3.05) is 6.61 Å². The second-order valence-electron chi connectivity index (χ2n) is 6.42. The van der Waals surface area contributed by atoms with Gasteiger partial charge in [-0.05, 0) is 67.4 Å². The largest absolute Gasteiger partial charge is 0.494 e. The molecular weight excluding hydrogens is 352 g/mol. The maximum absolute atomic E-state index is 12.2. The minimum Gasteiger partial charge on any atom is -0.494 e. The number of ether oxygens (including phenoxy) is 1. The Balaban J connectivity index is 1.58. The molecule has 5 heteroatoms. The third-order valence-corrected chi connectivity index (χ3v) is 4.31. The van der Waals surface area contributed by atoms with Gasteiger partial charge in [-0.2, -0.15) is 0 Å². The van der Waals surface area contributed by atoms with Crippen molar-refractivity contribution < 1.29 is 14.4 Å². The lowest BCUT2D eigenvalue weighted by atomic mass is 10.1. The summed E-state index contributed by atoms with van der Waals surface area (Å²) < 4.78 is 7.61. The topological polar surface area (TPSA) is 52.8 Å². The van der Waals surface area contributed by atoms with Gasteiger partial charge in [-0.25, -0.2) is 4.79 Å². The van der Waals surface area contributed by atoms with Crippen molar-refractivity contribution in [2.45, 2.75) is 26.7 Å². The van der Waals surface area contributed by atoms with Gasteiger partial charge in [0, 0.05) is 18.1 Å². The fourth-order valence-corrected chi connectivity index (χ4v) is 2.62. The number of aromatic nitrogens is 1. The van der Waals surface area contributed by atoms with E-state index in [1.54, 1.807) is 24.3 Å². The minimum absolute atomic E-state index is 0.433. The number of oxime groups is 1. The van der Waals surface area contributed by atoms with Crippen LogP contribution in [0.25, 0.3) is 5.69 Å². The molecule has 5 nitrogen and oxygen atoms in total. The summed E-state index contributed by atoms with van der Waals surface area (Å²) in [5.41, 5.74) is 3.01. The van der Waals surface area contributed by atoms with Crippen LogP contribution >= 0.6 is 0 Å². The Hall–Kier alpha value is -3.34. The number of benzene rings is 2. The number of unbranched alkanes of at least 4 members (excludes halogenated alkanes) is 1. The first-order valence-electron chi connectivity index (χ1n) is 9.40. The summed E-state index contributed by atoms with van der Waals surface area (Å²) in [7, 11) is 0. The van der Waals surface area contributed by atoms with E-state index >= 15 is 0 Å². The highest BCUT2D eigenvalue weighted by atomic mass is 16.7. The monoisotopic (exact) mass is 376 g/mol. The van der Waals surface area contributed by atoms with Crippen molar-refractivity contribution in [1.82, 2.24) is 4.57 Å². The van der Waals surface area contributed by atoms with Crippen LogP contribution in [0.15, 0.2) is 78.2 Å². The molecule has 0 bridgehead atoms. The van der Waals surface area contributed by atoms with Crippen molar-refractivity contribution >= 4 is 11.7 Å². The van der Waals surface area contributed by atoms with Crippen LogP contribution in [0.1, 0.15) is 42.6 Å². The molecule has 0 unspecified atom stereocenters. The Bertz CT molecular complexity index is 911. The van der Waals surface area contributed by atoms with Crippen molar-refractivity contribution in [1.29, 1.82) is 0 Å². The Morgan fingerprint density at radius 3 is 2.25 bits per heavy atom. The van der Waals surface area contributed by atoms with Crippen molar-refractivity contribution in [3.05, 3.63) is 84.2 Å². The smallest absolute Gasteiger partial charge is 0.365 e. The Kier molecular flexibility index (Phi) is 6.63. The van der Waals surface area contributed by atoms with Gasteiger partial charge in [-0.15, -0.1) is 0 Å². The molecule has 1 heterocycles. The maximum Gasteiger partial charge on any atom is 0.365 e. The van der Waals surface area contributed by atoms with E-state index in [0.717, 1.165) is 29.8 Å². The van der Waals surface area contributed by atoms with Crippen LogP contribution in [0.4, 0.5) is 0 Å². The first-order valence-corrected chi connectivity index (χ1v) is 9.40. The average Bonchev–Trinajstić information content (AvgIpc) is 3.27.